The van der Waals surface area contributed by atoms with Gasteiger partial charge in [-0.3, -0.25) is 0 Å². The van der Waals surface area contributed by atoms with Gasteiger partial charge in [0, 0.05) is 18.3 Å². The van der Waals surface area contributed by atoms with E-state index in [-0.39, 0.29) is 4.90 Å². The maximum Gasteiger partial charge on any atom is 0.313 e. The fourth-order valence-corrected chi connectivity index (χ4v) is 2.75. The summed E-state index contributed by atoms with van der Waals surface area (Å²) in [4.78, 5) is 0.0585. The lowest BCUT2D eigenvalue weighted by Crippen LogP contribution is -2.24. The molecule has 1 heterocycles. The molecule has 0 radical (unpaired) electrons. The quantitative estimate of drug-likeness (QED) is 0.598. The van der Waals surface area contributed by atoms with Gasteiger partial charge in [0.2, 0.25) is 6.33 Å². The van der Waals surface area contributed by atoms with Crippen LogP contribution < -0.4 is 15.8 Å². The van der Waals surface area contributed by atoms with Crippen LogP contribution in [0.3, 0.4) is 0 Å². The third-order valence-corrected chi connectivity index (χ3v) is 4.10. The predicted octanol–water partition coefficient (Wildman–Crippen LogP) is -0.0184. The highest BCUT2D eigenvalue weighted by Gasteiger charge is 2.20. The summed E-state index contributed by atoms with van der Waals surface area (Å²) in [5.41, 5.74) is 1.27. The van der Waals surface area contributed by atoms with E-state index in [9.17, 15) is 8.42 Å². The van der Waals surface area contributed by atoms with E-state index in [4.69, 9.17) is 5.90 Å². The van der Waals surface area contributed by atoms with Crippen molar-refractivity contribution in [2.75, 3.05) is 12.4 Å². The molecule has 2 rings (SSSR count). The van der Waals surface area contributed by atoms with Gasteiger partial charge < -0.3 is 5.32 Å². The van der Waals surface area contributed by atoms with Crippen LogP contribution in [-0.2, 0) is 28.0 Å². The molecule has 1 aromatic heterocycles. The van der Waals surface area contributed by atoms with Crippen LogP contribution in [0.15, 0.2) is 41.8 Å². The fourth-order valence-electron chi connectivity index (χ4n) is 1.92. The van der Waals surface area contributed by atoms with Crippen LogP contribution in [0, 0.1) is 0 Å². The molecule has 0 saturated carbocycles. The van der Waals surface area contributed by atoms with Crippen molar-refractivity contribution in [2.45, 2.75) is 11.4 Å². The highest BCUT2D eigenvalue weighted by molar-refractivity contribution is 7.86. The molecule has 8 heteroatoms. The monoisotopic (exact) mass is 297 g/mol. The Morgan fingerprint density at radius 3 is 2.75 bits per heavy atom. The molecule has 3 N–H and O–H groups in total. The minimum Gasteiger partial charge on any atom is -0.388 e. The lowest BCUT2D eigenvalue weighted by Gasteiger charge is -2.09. The standard InChI is InChI=1S/C12H17N4O3S/c1-14-11-4-3-10(8-16-6-5-15(2)9-16)12(7-11)20(17,18)19-13/h3-7,9,14H,8,13H2,1-2H3/q+1. The Morgan fingerprint density at radius 1 is 1.45 bits per heavy atom. The number of nitrogens with two attached hydrogens (primary N) is 1. The molecule has 2 aromatic rings. The van der Waals surface area contributed by atoms with Crippen molar-refractivity contribution in [3.63, 3.8) is 0 Å². The van der Waals surface area contributed by atoms with Crippen molar-refractivity contribution in [1.29, 1.82) is 0 Å². The van der Waals surface area contributed by atoms with Crippen LogP contribution in [-0.4, -0.2) is 20.0 Å². The summed E-state index contributed by atoms with van der Waals surface area (Å²) < 4.78 is 31.7. The van der Waals surface area contributed by atoms with E-state index in [1.54, 1.807) is 19.2 Å². The Bertz CT molecular complexity index is 709. The highest BCUT2D eigenvalue weighted by Crippen LogP contribution is 2.22. The van der Waals surface area contributed by atoms with Gasteiger partial charge in [0.15, 0.2) is 0 Å². The minimum absolute atomic E-state index is 0.0585. The lowest BCUT2D eigenvalue weighted by atomic mass is 10.2. The molecule has 0 unspecified atom stereocenters. The van der Waals surface area contributed by atoms with Gasteiger partial charge in [0.25, 0.3) is 0 Å². The summed E-state index contributed by atoms with van der Waals surface area (Å²) in [6.07, 6.45) is 5.58. The third kappa shape index (κ3) is 2.98. The Labute approximate surface area is 117 Å². The van der Waals surface area contributed by atoms with Gasteiger partial charge in [0.05, 0.1) is 7.05 Å². The largest absolute Gasteiger partial charge is 0.388 e. The topological polar surface area (TPSA) is 90.2 Å². The molecule has 0 aliphatic rings. The Hall–Kier alpha value is -1.90. The molecule has 0 spiro atoms. The van der Waals surface area contributed by atoms with Crippen molar-refractivity contribution in [2.24, 2.45) is 12.9 Å². The highest BCUT2D eigenvalue weighted by atomic mass is 32.2. The molecule has 108 valence electrons. The van der Waals surface area contributed by atoms with Gasteiger partial charge in [0.1, 0.15) is 23.8 Å². The molecule has 0 fully saturated rings. The normalized spacial score (nSPS) is 11.6. The second-order valence-electron chi connectivity index (χ2n) is 4.37. The van der Waals surface area contributed by atoms with Crippen LogP contribution in [0.4, 0.5) is 5.69 Å². The van der Waals surface area contributed by atoms with Crippen LogP contribution in [0.25, 0.3) is 0 Å². The van der Waals surface area contributed by atoms with Gasteiger partial charge in [-0.1, -0.05) is 6.07 Å². The van der Waals surface area contributed by atoms with E-state index >= 15 is 0 Å². The van der Waals surface area contributed by atoms with E-state index in [0.717, 1.165) is 0 Å². The number of aromatic nitrogens is 2. The number of benzene rings is 1. The second kappa shape index (κ2) is 5.61. The first-order valence-electron chi connectivity index (χ1n) is 5.91. The van der Waals surface area contributed by atoms with Gasteiger partial charge in [-0.25, -0.2) is 9.13 Å². The van der Waals surface area contributed by atoms with E-state index in [1.807, 2.05) is 34.9 Å². The first-order chi connectivity index (χ1) is 9.46. The fraction of sp³-hybridized carbons (Fsp3) is 0.250. The molecule has 0 aliphatic carbocycles. The first-order valence-corrected chi connectivity index (χ1v) is 7.32. The molecule has 1 aromatic carbocycles. The van der Waals surface area contributed by atoms with Gasteiger partial charge in [-0.2, -0.15) is 18.6 Å². The van der Waals surface area contributed by atoms with Gasteiger partial charge in [-0.05, 0) is 12.1 Å². The Kier molecular flexibility index (Phi) is 4.07. The molecule has 0 atom stereocenters. The van der Waals surface area contributed by atoms with E-state index in [0.29, 0.717) is 17.8 Å². The van der Waals surface area contributed by atoms with Crippen LogP contribution in [0.1, 0.15) is 5.56 Å². The smallest absolute Gasteiger partial charge is 0.313 e. The van der Waals surface area contributed by atoms with Gasteiger partial charge >= 0.3 is 10.1 Å². The zero-order valence-electron chi connectivity index (χ0n) is 11.3. The first kappa shape index (κ1) is 14.5. The third-order valence-electron chi connectivity index (χ3n) is 2.93. The molecule has 0 amide bonds. The van der Waals surface area contributed by atoms with E-state index in [2.05, 4.69) is 9.60 Å². The van der Waals surface area contributed by atoms with Crippen molar-refractivity contribution >= 4 is 15.8 Å². The number of imidazole rings is 1. The maximum absolute atomic E-state index is 11.9. The van der Waals surface area contributed by atoms with Crippen LogP contribution in [0.5, 0.6) is 0 Å². The summed E-state index contributed by atoms with van der Waals surface area (Å²) in [5.74, 6) is 4.88. The number of rotatable bonds is 5. The van der Waals surface area contributed by atoms with Gasteiger partial charge in [-0.15, -0.1) is 0 Å². The van der Waals surface area contributed by atoms with Crippen LogP contribution in [0.2, 0.25) is 0 Å². The summed E-state index contributed by atoms with van der Waals surface area (Å²) in [5, 5.41) is 2.89. The molecule has 20 heavy (non-hydrogen) atoms. The minimum atomic E-state index is -3.96. The second-order valence-corrected chi connectivity index (χ2v) is 5.91. The molecule has 7 nitrogen and oxygen atoms in total. The van der Waals surface area contributed by atoms with E-state index < -0.39 is 10.1 Å². The summed E-state index contributed by atoms with van der Waals surface area (Å²) in [6.45, 7) is 0.406. The zero-order chi connectivity index (χ0) is 14.8. The summed E-state index contributed by atoms with van der Waals surface area (Å²) >= 11 is 0. The molecular formula is C12H17N4O3S+. The van der Waals surface area contributed by atoms with Crippen LogP contribution >= 0.6 is 0 Å². The molecule has 0 bridgehead atoms. The average Bonchev–Trinajstić information content (AvgIpc) is 2.84. The number of aryl methyl sites for hydroxylation is 1. The van der Waals surface area contributed by atoms with Crippen molar-refractivity contribution in [3.05, 3.63) is 42.5 Å². The number of hydrogen-bond acceptors (Lipinski definition) is 5. The number of nitrogens with zero attached hydrogens (tertiary/aromatic N) is 2. The average molecular weight is 297 g/mol. The predicted molar refractivity (Wildman–Crippen MR) is 73.2 cm³/mol. The van der Waals surface area contributed by atoms with E-state index in [1.165, 1.54) is 6.07 Å². The summed E-state index contributed by atoms with van der Waals surface area (Å²) in [6, 6.07) is 5.03. The SMILES string of the molecule is CNc1ccc(Cn2cc[n+](C)c2)c(S(=O)(=O)ON)c1. The lowest BCUT2D eigenvalue weighted by molar-refractivity contribution is -0.671. The van der Waals surface area contributed by atoms with Crippen molar-refractivity contribution < 1.29 is 17.3 Å². The number of nitrogens with one attached hydrogen (secondary N) is 1. The maximum atomic E-state index is 11.9. The number of hydrogen-bond donors (Lipinski definition) is 2. The zero-order valence-corrected chi connectivity index (χ0v) is 12.1. The summed E-state index contributed by atoms with van der Waals surface area (Å²) in [7, 11) is -0.358. The Morgan fingerprint density at radius 2 is 2.20 bits per heavy atom. The Balaban J connectivity index is 2.47. The number of anilines is 1. The molecular weight excluding hydrogens is 280 g/mol. The molecule has 0 saturated heterocycles. The van der Waals surface area contributed by atoms with Crippen molar-refractivity contribution in [3.8, 4) is 0 Å². The molecule has 0 aliphatic heterocycles. The van der Waals surface area contributed by atoms with Crippen molar-refractivity contribution in [1.82, 2.24) is 4.57 Å².